The van der Waals surface area contributed by atoms with E-state index in [1.54, 1.807) is 14.0 Å². The van der Waals surface area contributed by atoms with E-state index in [9.17, 15) is 4.79 Å². The van der Waals surface area contributed by atoms with Crippen LogP contribution in [0.1, 0.15) is 29.9 Å². The molecule has 2 aromatic rings. The van der Waals surface area contributed by atoms with Gasteiger partial charge in [0, 0.05) is 10.9 Å². The predicted molar refractivity (Wildman–Crippen MR) is 88.8 cm³/mol. The molecule has 0 amide bonds. The highest BCUT2D eigenvalue weighted by molar-refractivity contribution is 9.10. The number of carbonyl (C=O) groups excluding carboxylic acids is 1. The molecule has 1 aromatic heterocycles. The van der Waals surface area contributed by atoms with Crippen molar-refractivity contribution in [1.82, 2.24) is 4.98 Å². The first-order chi connectivity index (χ1) is 10.1. The van der Waals surface area contributed by atoms with E-state index in [4.69, 9.17) is 8.92 Å². The number of nitrogens with zero attached hydrogens (tertiary/aromatic N) is 1. The van der Waals surface area contributed by atoms with Gasteiger partial charge >= 0.3 is 5.97 Å². The fourth-order valence-electron chi connectivity index (χ4n) is 1.97. The molecule has 0 atom stereocenters. The zero-order valence-electron chi connectivity index (χ0n) is 11.9. The molecule has 0 aliphatic heterocycles. The van der Waals surface area contributed by atoms with Crippen molar-refractivity contribution in [1.29, 1.82) is 0 Å². The van der Waals surface area contributed by atoms with Gasteiger partial charge in [0.1, 0.15) is 17.9 Å². The van der Waals surface area contributed by atoms with Gasteiger partial charge in [0.2, 0.25) is 0 Å². The lowest BCUT2D eigenvalue weighted by Gasteiger charge is -2.02. The second kappa shape index (κ2) is 7.11. The Morgan fingerprint density at radius 3 is 2.90 bits per heavy atom. The minimum atomic E-state index is -0.382. The molecule has 0 unspecified atom stereocenters. The molecule has 7 heteroatoms. The number of halogens is 1. The van der Waals surface area contributed by atoms with Crippen LogP contribution in [0.3, 0.4) is 0 Å². The van der Waals surface area contributed by atoms with Crippen LogP contribution in [-0.2, 0) is 8.92 Å². The summed E-state index contributed by atoms with van der Waals surface area (Å²) in [5, 5.41) is 0.910. The molecule has 112 valence electrons. The van der Waals surface area contributed by atoms with Gasteiger partial charge in [-0.1, -0.05) is 18.2 Å². The summed E-state index contributed by atoms with van der Waals surface area (Å²) in [4.78, 5) is 15.1. The van der Waals surface area contributed by atoms with E-state index in [-0.39, 0.29) is 5.97 Å². The maximum atomic E-state index is 12.0. The molecular formula is C14H15BrN2O3S. The predicted octanol–water partition coefficient (Wildman–Crippen LogP) is 4.13. The molecule has 1 N–H and O–H groups in total. The fraction of sp³-hybridized carbons (Fsp3) is 0.286. The first-order valence-electron chi connectivity index (χ1n) is 6.32. The number of hydrogen-bond donors (Lipinski definition) is 1. The molecular weight excluding hydrogens is 356 g/mol. The van der Waals surface area contributed by atoms with Gasteiger partial charge in [-0.25, -0.2) is 4.79 Å². The Kier molecular flexibility index (Phi) is 5.44. The summed E-state index contributed by atoms with van der Waals surface area (Å²) < 4.78 is 14.9. The second-order valence-corrected chi connectivity index (χ2v) is 5.64. The standard InChI is InChI=1S/C14H15BrN2O3S/c1-4-20-14(18)13-11(15)10-7-5-6-9(12(10)16-13)8(2)17-21-19-3/h5-7,16H,4H2,1-3H3/b17-8+. The molecule has 0 saturated heterocycles. The van der Waals surface area contributed by atoms with Crippen LogP contribution in [0.2, 0.25) is 0 Å². The van der Waals surface area contributed by atoms with Crippen molar-refractivity contribution in [3.05, 3.63) is 33.9 Å². The van der Waals surface area contributed by atoms with Crippen molar-refractivity contribution in [2.24, 2.45) is 4.40 Å². The Labute approximate surface area is 135 Å². The quantitative estimate of drug-likeness (QED) is 0.372. The van der Waals surface area contributed by atoms with Crippen LogP contribution in [0, 0.1) is 0 Å². The molecule has 5 nitrogen and oxygen atoms in total. The van der Waals surface area contributed by atoms with Gasteiger partial charge in [0.15, 0.2) is 0 Å². The van der Waals surface area contributed by atoms with Crippen LogP contribution < -0.4 is 0 Å². The number of rotatable bonds is 5. The van der Waals surface area contributed by atoms with Gasteiger partial charge in [-0.05, 0) is 29.8 Å². The van der Waals surface area contributed by atoms with E-state index in [1.165, 1.54) is 0 Å². The number of esters is 1. The number of hydrogen-bond acceptors (Lipinski definition) is 5. The number of aromatic amines is 1. The highest BCUT2D eigenvalue weighted by Gasteiger charge is 2.19. The molecule has 0 saturated carbocycles. The Bertz CT molecular complexity index is 697. The molecule has 0 bridgehead atoms. The maximum Gasteiger partial charge on any atom is 0.355 e. The topological polar surface area (TPSA) is 63.7 Å². The fourth-order valence-corrected chi connectivity index (χ4v) is 2.85. The van der Waals surface area contributed by atoms with Crippen molar-refractivity contribution in [3.63, 3.8) is 0 Å². The minimum Gasteiger partial charge on any atom is -0.461 e. The number of carbonyl (C=O) groups is 1. The number of ether oxygens (including phenoxy) is 1. The van der Waals surface area contributed by atoms with Gasteiger partial charge < -0.3 is 9.72 Å². The van der Waals surface area contributed by atoms with Crippen LogP contribution >= 0.6 is 28.2 Å². The summed E-state index contributed by atoms with van der Waals surface area (Å²) in [5.74, 6) is -0.382. The SMILES string of the molecule is CCOC(=O)c1[nH]c2c(/C(C)=N/SOC)cccc2c1Br. The highest BCUT2D eigenvalue weighted by atomic mass is 79.9. The molecule has 0 aliphatic carbocycles. The Morgan fingerprint density at radius 2 is 2.24 bits per heavy atom. The Morgan fingerprint density at radius 1 is 1.48 bits per heavy atom. The van der Waals surface area contributed by atoms with Crippen LogP contribution in [0.15, 0.2) is 27.1 Å². The minimum absolute atomic E-state index is 0.332. The number of nitrogens with one attached hydrogen (secondary N) is 1. The third kappa shape index (κ3) is 3.30. The normalized spacial score (nSPS) is 11.9. The molecule has 1 heterocycles. The molecule has 0 fully saturated rings. The average molecular weight is 371 g/mol. The first kappa shape index (κ1) is 16.1. The molecule has 0 spiro atoms. The van der Waals surface area contributed by atoms with Crippen LogP contribution in [0.25, 0.3) is 10.9 Å². The van der Waals surface area contributed by atoms with Gasteiger partial charge in [0.25, 0.3) is 0 Å². The number of para-hydroxylation sites is 1. The summed E-state index contributed by atoms with van der Waals surface area (Å²) in [7, 11) is 1.56. The van der Waals surface area contributed by atoms with Gasteiger partial charge in [-0.2, -0.15) is 4.40 Å². The third-order valence-corrected chi connectivity index (χ3v) is 4.21. The summed E-state index contributed by atoms with van der Waals surface area (Å²) >= 11 is 4.47. The van der Waals surface area contributed by atoms with Gasteiger partial charge in [-0.3, -0.25) is 4.18 Å². The Balaban J connectivity index is 2.55. The van der Waals surface area contributed by atoms with E-state index in [0.717, 1.165) is 34.4 Å². The van der Waals surface area contributed by atoms with Crippen LogP contribution in [0.4, 0.5) is 0 Å². The lowest BCUT2D eigenvalue weighted by molar-refractivity contribution is 0.0519. The number of aromatic nitrogens is 1. The van der Waals surface area contributed by atoms with Crippen molar-refractivity contribution in [2.75, 3.05) is 13.7 Å². The van der Waals surface area contributed by atoms with E-state index < -0.39 is 0 Å². The monoisotopic (exact) mass is 370 g/mol. The lowest BCUT2D eigenvalue weighted by atomic mass is 10.1. The van der Waals surface area contributed by atoms with Gasteiger partial charge in [0.05, 0.1) is 29.4 Å². The zero-order chi connectivity index (χ0) is 15.4. The summed E-state index contributed by atoms with van der Waals surface area (Å²) in [6.07, 6.45) is 0. The largest absolute Gasteiger partial charge is 0.461 e. The summed E-state index contributed by atoms with van der Waals surface area (Å²) in [6.45, 7) is 4.00. The van der Waals surface area contributed by atoms with E-state index in [0.29, 0.717) is 16.8 Å². The molecule has 0 aliphatic rings. The number of benzene rings is 1. The summed E-state index contributed by atoms with van der Waals surface area (Å²) in [6, 6.07) is 5.79. The van der Waals surface area contributed by atoms with E-state index >= 15 is 0 Å². The molecule has 0 radical (unpaired) electrons. The van der Waals surface area contributed by atoms with Crippen molar-refractivity contribution in [3.8, 4) is 0 Å². The molecule has 2 rings (SSSR count). The van der Waals surface area contributed by atoms with Crippen molar-refractivity contribution >= 4 is 50.7 Å². The number of H-pyrrole nitrogens is 1. The number of fused-ring (bicyclic) bond motifs is 1. The zero-order valence-corrected chi connectivity index (χ0v) is 14.3. The average Bonchev–Trinajstić information content (AvgIpc) is 2.82. The van der Waals surface area contributed by atoms with E-state index in [1.807, 2.05) is 25.1 Å². The first-order valence-corrected chi connectivity index (χ1v) is 7.81. The highest BCUT2D eigenvalue weighted by Crippen LogP contribution is 2.31. The maximum absolute atomic E-state index is 12.0. The second-order valence-electron chi connectivity index (χ2n) is 4.18. The van der Waals surface area contributed by atoms with E-state index in [2.05, 4.69) is 25.3 Å². The summed E-state index contributed by atoms with van der Waals surface area (Å²) in [5.41, 5.74) is 2.96. The van der Waals surface area contributed by atoms with Gasteiger partial charge in [-0.15, -0.1) is 0 Å². The smallest absolute Gasteiger partial charge is 0.355 e. The van der Waals surface area contributed by atoms with Crippen LogP contribution in [0.5, 0.6) is 0 Å². The van der Waals surface area contributed by atoms with Crippen molar-refractivity contribution < 1.29 is 13.7 Å². The lowest BCUT2D eigenvalue weighted by Crippen LogP contribution is -2.05. The Hall–Kier alpha value is -1.31. The third-order valence-electron chi connectivity index (χ3n) is 2.89. The molecule has 21 heavy (non-hydrogen) atoms. The van der Waals surface area contributed by atoms with Crippen LogP contribution in [-0.4, -0.2) is 30.4 Å². The molecule has 1 aromatic carbocycles. The van der Waals surface area contributed by atoms with Crippen molar-refractivity contribution in [2.45, 2.75) is 13.8 Å².